The maximum atomic E-state index is 12.4. The molecule has 0 aliphatic heterocycles. The second-order valence-corrected chi connectivity index (χ2v) is 7.04. The number of nitrogens with zero attached hydrogens (tertiary/aromatic N) is 1. The highest BCUT2D eigenvalue weighted by atomic mass is 79.9. The van der Waals surface area contributed by atoms with Gasteiger partial charge in [-0.3, -0.25) is 4.79 Å². The first-order valence-electron chi connectivity index (χ1n) is 6.84. The van der Waals surface area contributed by atoms with Crippen LogP contribution in [0.15, 0.2) is 16.7 Å². The molecule has 1 unspecified atom stereocenters. The molecule has 2 rings (SSSR count). The van der Waals surface area contributed by atoms with Crippen LogP contribution in [0.3, 0.4) is 0 Å². The molecule has 1 aromatic rings. The molecule has 1 amide bonds. The van der Waals surface area contributed by atoms with Crippen molar-refractivity contribution in [3.63, 3.8) is 0 Å². The first-order chi connectivity index (χ1) is 9.41. The quantitative estimate of drug-likeness (QED) is 0.583. The summed E-state index contributed by atoms with van der Waals surface area (Å²) in [5.74, 6) is 5.67. The summed E-state index contributed by atoms with van der Waals surface area (Å²) in [6.45, 7) is 4.50. The summed E-state index contributed by atoms with van der Waals surface area (Å²) in [7, 11) is 0. The maximum Gasteiger partial charge on any atom is 0.255 e. The van der Waals surface area contributed by atoms with Crippen molar-refractivity contribution in [2.24, 2.45) is 11.3 Å². The van der Waals surface area contributed by atoms with Gasteiger partial charge >= 0.3 is 0 Å². The Morgan fingerprint density at radius 3 is 2.95 bits per heavy atom. The molecule has 110 valence electrons. The highest BCUT2D eigenvalue weighted by Gasteiger charge is 2.29. The van der Waals surface area contributed by atoms with Crippen LogP contribution in [-0.2, 0) is 0 Å². The number of halogens is 1. The van der Waals surface area contributed by atoms with Crippen molar-refractivity contribution in [2.75, 3.05) is 5.43 Å². The molecule has 0 aromatic carbocycles. The van der Waals surface area contributed by atoms with E-state index in [4.69, 9.17) is 5.84 Å². The number of carbonyl (C=O) groups is 1. The number of hydrazine groups is 1. The van der Waals surface area contributed by atoms with Gasteiger partial charge in [0.15, 0.2) is 5.82 Å². The number of nitrogens with two attached hydrogens (primary N) is 1. The van der Waals surface area contributed by atoms with Gasteiger partial charge in [0.1, 0.15) is 0 Å². The molecule has 1 heterocycles. The Hall–Kier alpha value is -1.14. The van der Waals surface area contributed by atoms with Crippen molar-refractivity contribution >= 4 is 27.7 Å². The monoisotopic (exact) mass is 340 g/mol. The largest absolute Gasteiger partial charge is 0.349 e. The van der Waals surface area contributed by atoms with Crippen molar-refractivity contribution in [1.82, 2.24) is 10.3 Å². The Labute approximate surface area is 127 Å². The topological polar surface area (TPSA) is 80.0 Å². The van der Waals surface area contributed by atoms with Gasteiger partial charge in [-0.15, -0.1) is 0 Å². The molecular weight excluding hydrogens is 320 g/mol. The summed E-state index contributed by atoms with van der Waals surface area (Å²) in [6.07, 6.45) is 6.01. The van der Waals surface area contributed by atoms with Crippen LogP contribution in [0.4, 0.5) is 5.82 Å². The number of hydrogen-bond acceptors (Lipinski definition) is 4. The first-order valence-corrected chi connectivity index (χ1v) is 7.63. The Kier molecular flexibility index (Phi) is 4.65. The minimum atomic E-state index is -0.130. The van der Waals surface area contributed by atoms with Crippen molar-refractivity contribution in [1.29, 1.82) is 0 Å². The highest BCUT2D eigenvalue weighted by molar-refractivity contribution is 9.10. The number of nitrogen functional groups attached to an aromatic ring is 1. The van der Waals surface area contributed by atoms with Gasteiger partial charge in [0.05, 0.1) is 5.56 Å². The zero-order valence-electron chi connectivity index (χ0n) is 11.9. The molecule has 5 nitrogen and oxygen atoms in total. The predicted octanol–water partition coefficient (Wildman–Crippen LogP) is 2.83. The van der Waals surface area contributed by atoms with Crippen LogP contribution in [0.25, 0.3) is 0 Å². The van der Waals surface area contributed by atoms with Crippen molar-refractivity contribution < 1.29 is 4.79 Å². The molecule has 1 aliphatic rings. The van der Waals surface area contributed by atoms with Gasteiger partial charge in [-0.2, -0.15) is 0 Å². The van der Waals surface area contributed by atoms with E-state index in [1.54, 1.807) is 12.3 Å². The highest BCUT2D eigenvalue weighted by Crippen LogP contribution is 2.35. The van der Waals surface area contributed by atoms with E-state index in [2.05, 4.69) is 45.5 Å². The van der Waals surface area contributed by atoms with E-state index in [0.717, 1.165) is 23.7 Å². The fourth-order valence-electron chi connectivity index (χ4n) is 2.81. The van der Waals surface area contributed by atoms with Crippen LogP contribution in [-0.4, -0.2) is 16.9 Å². The smallest absolute Gasteiger partial charge is 0.255 e. The zero-order valence-corrected chi connectivity index (χ0v) is 13.5. The van der Waals surface area contributed by atoms with Crippen molar-refractivity contribution in [2.45, 2.75) is 45.6 Å². The number of hydrogen-bond donors (Lipinski definition) is 3. The molecule has 4 N–H and O–H groups in total. The van der Waals surface area contributed by atoms with Gasteiger partial charge < -0.3 is 10.7 Å². The van der Waals surface area contributed by atoms with Gasteiger partial charge in [-0.25, -0.2) is 10.8 Å². The molecular formula is C14H21BrN4O. The molecule has 0 bridgehead atoms. The number of amides is 1. The standard InChI is InChI=1S/C14H21BrN4O/c1-14(2)5-3-4-10(7-14)18-13(20)11-6-9(15)8-17-12(11)19-16/h6,8,10H,3-5,7,16H2,1-2H3,(H,17,19)(H,18,20). The predicted molar refractivity (Wildman–Crippen MR) is 83.3 cm³/mol. The second-order valence-electron chi connectivity index (χ2n) is 6.12. The molecule has 0 radical (unpaired) electrons. The lowest BCUT2D eigenvalue weighted by atomic mass is 9.75. The molecule has 0 spiro atoms. The molecule has 1 aromatic heterocycles. The summed E-state index contributed by atoms with van der Waals surface area (Å²) < 4.78 is 0.755. The minimum absolute atomic E-state index is 0.130. The zero-order chi connectivity index (χ0) is 14.8. The fourth-order valence-corrected chi connectivity index (χ4v) is 3.14. The van der Waals surface area contributed by atoms with Crippen molar-refractivity contribution in [3.05, 3.63) is 22.3 Å². The van der Waals surface area contributed by atoms with Crippen LogP contribution in [0.5, 0.6) is 0 Å². The maximum absolute atomic E-state index is 12.4. The van der Waals surface area contributed by atoms with Gasteiger partial charge in [0.25, 0.3) is 5.91 Å². The second kappa shape index (κ2) is 6.10. The molecule has 1 fully saturated rings. The van der Waals surface area contributed by atoms with Gasteiger partial charge in [0, 0.05) is 16.7 Å². The van der Waals surface area contributed by atoms with E-state index >= 15 is 0 Å². The van der Waals surface area contributed by atoms with Gasteiger partial charge in [-0.05, 0) is 46.7 Å². The summed E-state index contributed by atoms with van der Waals surface area (Å²) in [5.41, 5.74) is 3.22. The summed E-state index contributed by atoms with van der Waals surface area (Å²) in [6, 6.07) is 1.95. The lowest BCUT2D eigenvalue weighted by molar-refractivity contribution is 0.0903. The van der Waals surface area contributed by atoms with Crippen LogP contribution < -0.4 is 16.6 Å². The SMILES string of the molecule is CC1(C)CCCC(NC(=O)c2cc(Br)cnc2NN)C1. The molecule has 20 heavy (non-hydrogen) atoms. The van der Waals surface area contributed by atoms with E-state index < -0.39 is 0 Å². The molecule has 1 atom stereocenters. The number of aromatic nitrogens is 1. The molecule has 6 heteroatoms. The van der Waals surface area contributed by atoms with Gasteiger partial charge in [0.2, 0.25) is 0 Å². The summed E-state index contributed by atoms with van der Waals surface area (Å²) >= 11 is 3.33. The Morgan fingerprint density at radius 1 is 1.55 bits per heavy atom. The lowest BCUT2D eigenvalue weighted by Gasteiger charge is -2.35. The average Bonchev–Trinajstić information content (AvgIpc) is 2.37. The Morgan fingerprint density at radius 2 is 2.30 bits per heavy atom. The number of carbonyl (C=O) groups excluding carboxylic acids is 1. The van der Waals surface area contributed by atoms with Crippen LogP contribution >= 0.6 is 15.9 Å². The lowest BCUT2D eigenvalue weighted by Crippen LogP contribution is -2.41. The molecule has 0 saturated heterocycles. The third-order valence-corrected chi connectivity index (χ3v) is 4.21. The fraction of sp³-hybridized carbons (Fsp3) is 0.571. The van der Waals surface area contributed by atoms with Crippen molar-refractivity contribution in [3.8, 4) is 0 Å². The van der Waals surface area contributed by atoms with E-state index in [1.165, 1.54) is 6.42 Å². The van der Waals surface area contributed by atoms with E-state index in [0.29, 0.717) is 16.8 Å². The van der Waals surface area contributed by atoms with E-state index in [-0.39, 0.29) is 11.9 Å². The van der Waals surface area contributed by atoms with E-state index in [9.17, 15) is 4.79 Å². The molecule has 1 saturated carbocycles. The average molecular weight is 341 g/mol. The summed E-state index contributed by atoms with van der Waals surface area (Å²) in [5, 5.41) is 3.10. The van der Waals surface area contributed by atoms with Crippen LogP contribution in [0.2, 0.25) is 0 Å². The minimum Gasteiger partial charge on any atom is -0.349 e. The van der Waals surface area contributed by atoms with E-state index in [1.807, 2.05) is 0 Å². The van der Waals surface area contributed by atoms with Gasteiger partial charge in [-0.1, -0.05) is 20.3 Å². The number of anilines is 1. The molecule has 1 aliphatic carbocycles. The van der Waals surface area contributed by atoms with Crippen LogP contribution in [0.1, 0.15) is 49.9 Å². The first kappa shape index (κ1) is 15.3. The Balaban J connectivity index is 2.10. The third kappa shape index (κ3) is 3.70. The Bertz CT molecular complexity index is 504. The number of rotatable bonds is 3. The third-order valence-electron chi connectivity index (χ3n) is 3.78. The van der Waals surface area contributed by atoms with Crippen LogP contribution in [0, 0.1) is 5.41 Å². The number of pyridine rings is 1. The number of nitrogens with one attached hydrogen (secondary N) is 2. The normalized spacial score (nSPS) is 21.3. The summed E-state index contributed by atoms with van der Waals surface area (Å²) in [4.78, 5) is 16.5.